The molecular weight excluding hydrogens is 420 g/mol. The van der Waals surface area contributed by atoms with Gasteiger partial charge in [0.15, 0.2) is 0 Å². The Morgan fingerprint density at radius 2 is 1.57 bits per heavy atom. The Bertz CT molecular complexity index is 1210. The van der Waals surface area contributed by atoms with Crippen LogP contribution in [0.15, 0.2) is 96.2 Å². The Kier molecular flexibility index (Phi) is 5.94. The van der Waals surface area contributed by atoms with Crippen LogP contribution in [0.3, 0.4) is 0 Å². The van der Waals surface area contributed by atoms with E-state index in [1.807, 2.05) is 48.5 Å². The maximum absolute atomic E-state index is 13.2. The van der Waals surface area contributed by atoms with Crippen LogP contribution in [0.5, 0.6) is 0 Å². The molecular formula is C22H19ClN4O2S. The Morgan fingerprint density at radius 1 is 0.867 bits per heavy atom. The summed E-state index contributed by atoms with van der Waals surface area (Å²) < 4.78 is 29.2. The van der Waals surface area contributed by atoms with Crippen molar-refractivity contribution < 1.29 is 8.42 Å². The number of nitrogens with one attached hydrogen (secondary N) is 1. The maximum Gasteiger partial charge on any atom is 0.241 e. The highest BCUT2D eigenvalue weighted by atomic mass is 35.5. The van der Waals surface area contributed by atoms with E-state index in [9.17, 15) is 8.42 Å². The molecule has 0 aliphatic rings. The molecule has 0 saturated carbocycles. The van der Waals surface area contributed by atoms with E-state index in [0.29, 0.717) is 5.02 Å². The summed E-state index contributed by atoms with van der Waals surface area (Å²) in [4.78, 5) is 1.65. The summed E-state index contributed by atoms with van der Waals surface area (Å²) in [6.45, 7) is 0.271. The first-order chi connectivity index (χ1) is 14.5. The molecule has 4 rings (SSSR count). The van der Waals surface area contributed by atoms with E-state index in [1.165, 1.54) is 4.80 Å². The van der Waals surface area contributed by atoms with Gasteiger partial charge in [0.25, 0.3) is 0 Å². The fourth-order valence-corrected chi connectivity index (χ4v) is 4.52. The van der Waals surface area contributed by atoms with Gasteiger partial charge >= 0.3 is 0 Å². The van der Waals surface area contributed by atoms with Crippen LogP contribution in [0.25, 0.3) is 11.1 Å². The van der Waals surface area contributed by atoms with Crippen molar-refractivity contribution in [3.63, 3.8) is 0 Å². The van der Waals surface area contributed by atoms with E-state index in [2.05, 4.69) is 14.9 Å². The summed E-state index contributed by atoms with van der Waals surface area (Å²) in [5.41, 5.74) is 2.50. The zero-order chi connectivity index (χ0) is 21.0. The molecule has 6 nitrogen and oxygen atoms in total. The lowest BCUT2D eigenvalue weighted by Gasteiger charge is -2.19. The predicted octanol–water partition coefficient (Wildman–Crippen LogP) is 4.32. The molecule has 0 spiro atoms. The van der Waals surface area contributed by atoms with Gasteiger partial charge in [-0.15, -0.1) is 0 Å². The molecule has 0 aliphatic heterocycles. The Balaban J connectivity index is 1.64. The summed E-state index contributed by atoms with van der Waals surface area (Å²) in [5.74, 6) is 0. The molecule has 0 aliphatic carbocycles. The fraction of sp³-hybridized carbons (Fsp3) is 0.0909. The van der Waals surface area contributed by atoms with E-state index in [1.54, 1.807) is 42.7 Å². The Morgan fingerprint density at radius 3 is 2.27 bits per heavy atom. The van der Waals surface area contributed by atoms with Gasteiger partial charge in [-0.1, -0.05) is 66.2 Å². The van der Waals surface area contributed by atoms with Crippen LogP contribution in [0.2, 0.25) is 5.02 Å². The average molecular weight is 439 g/mol. The van der Waals surface area contributed by atoms with Crippen molar-refractivity contribution in [3.8, 4) is 11.1 Å². The van der Waals surface area contributed by atoms with Crippen molar-refractivity contribution in [1.29, 1.82) is 0 Å². The van der Waals surface area contributed by atoms with Gasteiger partial charge in [-0.2, -0.15) is 15.0 Å². The number of halogens is 1. The molecule has 1 N–H and O–H groups in total. The van der Waals surface area contributed by atoms with Gasteiger partial charge in [-0.25, -0.2) is 13.1 Å². The largest absolute Gasteiger partial charge is 0.241 e. The zero-order valence-electron chi connectivity index (χ0n) is 15.9. The van der Waals surface area contributed by atoms with Crippen LogP contribution in [0, 0.1) is 0 Å². The van der Waals surface area contributed by atoms with Crippen molar-refractivity contribution in [3.05, 3.63) is 102 Å². The van der Waals surface area contributed by atoms with Gasteiger partial charge in [-0.05, 0) is 41.0 Å². The molecule has 30 heavy (non-hydrogen) atoms. The smallest absolute Gasteiger partial charge is 0.207 e. The van der Waals surface area contributed by atoms with Crippen LogP contribution in [0.4, 0.5) is 0 Å². The molecule has 0 fully saturated rings. The zero-order valence-corrected chi connectivity index (χ0v) is 17.5. The summed E-state index contributed by atoms with van der Waals surface area (Å²) >= 11 is 5.96. The molecule has 0 radical (unpaired) electrons. The lowest BCUT2D eigenvalue weighted by atomic mass is 10.1. The maximum atomic E-state index is 13.2. The third-order valence-corrected chi connectivity index (χ3v) is 6.36. The van der Waals surface area contributed by atoms with Crippen molar-refractivity contribution in [2.24, 2.45) is 0 Å². The second-order valence-corrected chi connectivity index (χ2v) is 8.85. The Labute approximate surface area is 180 Å². The third-order valence-electron chi connectivity index (χ3n) is 4.63. The van der Waals surface area contributed by atoms with Crippen LogP contribution in [-0.4, -0.2) is 23.4 Å². The summed E-state index contributed by atoms with van der Waals surface area (Å²) in [7, 11) is -3.79. The molecule has 0 amide bonds. The van der Waals surface area contributed by atoms with Crippen LogP contribution < -0.4 is 4.72 Å². The van der Waals surface area contributed by atoms with Gasteiger partial charge in [0, 0.05) is 5.02 Å². The number of aromatic nitrogens is 3. The first kappa shape index (κ1) is 20.3. The van der Waals surface area contributed by atoms with Gasteiger partial charge in [0.1, 0.15) is 0 Å². The Hall–Kier alpha value is -3.00. The van der Waals surface area contributed by atoms with Gasteiger partial charge in [-0.3, -0.25) is 0 Å². The van der Waals surface area contributed by atoms with Crippen molar-refractivity contribution >= 4 is 21.6 Å². The molecule has 1 unspecified atom stereocenters. The molecule has 3 aromatic carbocycles. The van der Waals surface area contributed by atoms with E-state index in [-0.39, 0.29) is 11.4 Å². The first-order valence-corrected chi connectivity index (χ1v) is 11.1. The minimum atomic E-state index is -3.79. The summed E-state index contributed by atoms with van der Waals surface area (Å²) in [6, 6.07) is 22.9. The van der Waals surface area contributed by atoms with Crippen molar-refractivity contribution in [1.82, 2.24) is 19.7 Å². The number of rotatable bonds is 7. The quantitative estimate of drug-likeness (QED) is 0.466. The van der Waals surface area contributed by atoms with Crippen LogP contribution in [0.1, 0.15) is 11.6 Å². The van der Waals surface area contributed by atoms with Crippen LogP contribution >= 0.6 is 11.6 Å². The van der Waals surface area contributed by atoms with Gasteiger partial charge in [0.05, 0.1) is 29.9 Å². The van der Waals surface area contributed by atoms with E-state index in [0.717, 1.165) is 16.7 Å². The summed E-state index contributed by atoms with van der Waals surface area (Å²) in [6.07, 6.45) is 3.12. The average Bonchev–Trinajstić information content (AvgIpc) is 3.28. The predicted molar refractivity (Wildman–Crippen MR) is 116 cm³/mol. The molecule has 152 valence electrons. The third kappa shape index (κ3) is 4.76. The second kappa shape index (κ2) is 8.79. The van der Waals surface area contributed by atoms with E-state index < -0.39 is 16.1 Å². The molecule has 1 heterocycles. The standard InChI is InChI=1S/C22H19ClN4O2S/c23-20-11-9-17(10-12-20)19-7-4-8-21(15-19)30(28,29)26-22(16-27-24-13-14-25-27)18-5-2-1-3-6-18/h1-15,22,26H,16H2. The van der Waals surface area contributed by atoms with Gasteiger partial charge in [0.2, 0.25) is 10.0 Å². The van der Waals surface area contributed by atoms with E-state index >= 15 is 0 Å². The van der Waals surface area contributed by atoms with E-state index in [4.69, 9.17) is 11.6 Å². The summed E-state index contributed by atoms with van der Waals surface area (Å²) in [5, 5.41) is 8.84. The number of sulfonamides is 1. The highest BCUT2D eigenvalue weighted by molar-refractivity contribution is 7.89. The molecule has 1 atom stereocenters. The SMILES string of the molecule is O=S(=O)(NC(Cn1nccn1)c1ccccc1)c1cccc(-c2ccc(Cl)cc2)c1. The number of nitrogens with zero attached hydrogens (tertiary/aromatic N) is 3. The fourth-order valence-electron chi connectivity index (χ4n) is 3.14. The number of hydrogen-bond acceptors (Lipinski definition) is 4. The first-order valence-electron chi connectivity index (χ1n) is 9.29. The molecule has 4 aromatic rings. The topological polar surface area (TPSA) is 76.9 Å². The highest BCUT2D eigenvalue weighted by Crippen LogP contribution is 2.25. The minimum Gasteiger partial charge on any atom is -0.207 e. The van der Waals surface area contributed by atoms with Gasteiger partial charge < -0.3 is 0 Å². The molecule has 1 aromatic heterocycles. The monoisotopic (exact) mass is 438 g/mol. The molecule has 8 heteroatoms. The number of hydrogen-bond donors (Lipinski definition) is 1. The van der Waals surface area contributed by atoms with Crippen molar-refractivity contribution in [2.45, 2.75) is 17.5 Å². The normalized spacial score (nSPS) is 12.6. The lowest BCUT2D eigenvalue weighted by molar-refractivity contribution is 0.444. The van der Waals surface area contributed by atoms with Crippen LogP contribution in [-0.2, 0) is 16.6 Å². The molecule has 0 bridgehead atoms. The minimum absolute atomic E-state index is 0.185. The highest BCUT2D eigenvalue weighted by Gasteiger charge is 2.23. The number of benzene rings is 3. The van der Waals surface area contributed by atoms with Crippen molar-refractivity contribution in [2.75, 3.05) is 0 Å². The lowest BCUT2D eigenvalue weighted by Crippen LogP contribution is -2.32. The second-order valence-electron chi connectivity index (χ2n) is 6.70. The molecule has 0 saturated heterocycles.